The van der Waals surface area contributed by atoms with E-state index in [2.05, 4.69) is 0 Å². The number of fused-ring (bicyclic) bond motifs is 3. The van der Waals surface area contributed by atoms with Gasteiger partial charge in [0.2, 0.25) is 0 Å². The molecule has 0 saturated heterocycles. The van der Waals surface area contributed by atoms with Crippen molar-refractivity contribution >= 4 is 38.9 Å². The fourth-order valence-electron chi connectivity index (χ4n) is 7.81. The molecule has 0 bridgehead atoms. The predicted molar refractivity (Wildman–Crippen MR) is 288 cm³/mol. The third-order valence-electron chi connectivity index (χ3n) is 10.9. The van der Waals surface area contributed by atoms with E-state index in [1.807, 2.05) is 83.4 Å². The highest BCUT2D eigenvalue weighted by atomic mass is 15.1. The molecule has 12 aromatic rings. The maximum absolute atomic E-state index is 9.89. The maximum atomic E-state index is 9.89. The summed E-state index contributed by atoms with van der Waals surface area (Å²) in [6.07, 6.45) is 0. The van der Waals surface area contributed by atoms with Gasteiger partial charge >= 0.3 is 0 Å². The van der Waals surface area contributed by atoms with Gasteiger partial charge in [0.15, 0.2) is 0 Å². The zero-order chi connectivity index (χ0) is 71.3. The van der Waals surface area contributed by atoms with Crippen LogP contribution in [-0.4, -0.2) is 4.57 Å². The van der Waals surface area contributed by atoms with Gasteiger partial charge in [-0.1, -0.05) is 212 Å². The number of nitrogens with zero attached hydrogens (tertiary/aromatic N) is 2. The van der Waals surface area contributed by atoms with Crippen LogP contribution in [0.2, 0.25) is 0 Å². The SMILES string of the molecule is [2H]c1c([2H])c([2H])c(-c2c([2H])c([2H])c(-c3c([2H])c([2H])c(N(c4c([2H])c([2H])c(-c5ccc6c(c5)c5ccccc5n6-c5ccccc5-c5ccccc5)c([2H])c4[2H])c4c([2H])c([2H])c(-c5c([2H])c([2H])c([2H])c(-c6c([2H])c([2H])c([2H])c([2H])c6[2H])c5[2H])c([2H])c4[2H])c([2H])c3[2H])c([2H])c2[2H])c([2H])c1[2H]. The lowest BCUT2D eigenvalue weighted by Gasteiger charge is -2.26. The Kier molecular flexibility index (Phi) is 5.19. The van der Waals surface area contributed by atoms with Gasteiger partial charge in [-0.3, -0.25) is 0 Å². The van der Waals surface area contributed by atoms with Gasteiger partial charge in [-0.25, -0.2) is 0 Å². The first-order valence-electron chi connectivity index (χ1n) is 35.9. The average molecular weight is 897 g/mol. The molecule has 0 atom stereocenters. The number of anilines is 3. The highest BCUT2D eigenvalue weighted by Gasteiger charge is 2.18. The van der Waals surface area contributed by atoms with Crippen LogP contribution < -0.4 is 4.90 Å². The molecule has 0 aliphatic heterocycles. The van der Waals surface area contributed by atoms with Crippen molar-refractivity contribution in [3.05, 3.63) is 278 Å². The van der Waals surface area contributed by atoms with Crippen LogP contribution in [0.1, 0.15) is 41.1 Å². The molecule has 1 heterocycles. The summed E-state index contributed by atoms with van der Waals surface area (Å²) in [5.41, 5.74) is -6.37. The number of para-hydroxylation sites is 2. The van der Waals surface area contributed by atoms with Crippen molar-refractivity contribution in [2.75, 3.05) is 4.90 Å². The van der Waals surface area contributed by atoms with Crippen molar-refractivity contribution in [2.45, 2.75) is 0 Å². The number of benzene rings is 11. The normalized spacial score (nSPS) is 17.4. The molecule has 2 nitrogen and oxygen atoms in total. The number of hydrogen-bond donors (Lipinski definition) is 0. The van der Waals surface area contributed by atoms with Crippen molar-refractivity contribution in [2.24, 2.45) is 0 Å². The fourth-order valence-corrected chi connectivity index (χ4v) is 7.81. The molecule has 12 rings (SSSR count). The molecule has 0 unspecified atom stereocenters. The van der Waals surface area contributed by atoms with Gasteiger partial charge in [-0.05, 0) is 128 Å². The van der Waals surface area contributed by atoms with Crippen LogP contribution in [0, 0.1) is 0 Å². The molecule has 0 saturated carbocycles. The summed E-state index contributed by atoms with van der Waals surface area (Å²) >= 11 is 0. The minimum absolute atomic E-state index is 0.124. The van der Waals surface area contributed by atoms with Gasteiger partial charge in [-0.15, -0.1) is 0 Å². The summed E-state index contributed by atoms with van der Waals surface area (Å²) in [4.78, 5) is 0.404. The van der Waals surface area contributed by atoms with Crippen LogP contribution in [0.15, 0.2) is 278 Å². The lowest BCUT2D eigenvalue weighted by molar-refractivity contribution is 1.18. The van der Waals surface area contributed by atoms with Crippen molar-refractivity contribution < 1.29 is 41.1 Å². The van der Waals surface area contributed by atoms with E-state index in [0.717, 1.165) is 27.7 Å². The van der Waals surface area contributed by atoms with Crippen molar-refractivity contribution in [3.8, 4) is 72.4 Å². The third kappa shape index (κ3) is 7.74. The van der Waals surface area contributed by atoms with E-state index < -0.39 is 243 Å². The molecule has 0 aliphatic rings. The Labute approximate surface area is 440 Å². The van der Waals surface area contributed by atoms with Gasteiger partial charge in [0, 0.05) is 33.4 Å². The quantitative estimate of drug-likeness (QED) is 0.133. The van der Waals surface area contributed by atoms with Gasteiger partial charge < -0.3 is 9.47 Å². The molecule has 0 N–H and O–H groups in total. The van der Waals surface area contributed by atoms with E-state index in [9.17, 15) is 20.6 Å². The molecule has 68 heavy (non-hydrogen) atoms. The summed E-state index contributed by atoms with van der Waals surface area (Å²) in [7, 11) is 0. The lowest BCUT2D eigenvalue weighted by Crippen LogP contribution is -2.09. The van der Waals surface area contributed by atoms with Gasteiger partial charge in [0.05, 0.1) is 57.8 Å². The maximum Gasteiger partial charge on any atom is 0.0645 e. The monoisotopic (exact) mass is 897 g/mol. The van der Waals surface area contributed by atoms with E-state index in [0.29, 0.717) is 15.8 Å². The third-order valence-corrected chi connectivity index (χ3v) is 10.9. The molecule has 1 aromatic heterocycles. The van der Waals surface area contributed by atoms with Crippen LogP contribution in [0.3, 0.4) is 0 Å². The van der Waals surface area contributed by atoms with E-state index in [4.69, 9.17) is 20.6 Å². The van der Waals surface area contributed by atoms with Crippen LogP contribution in [0.4, 0.5) is 17.1 Å². The second-order valence-electron chi connectivity index (χ2n) is 15.0. The Balaban J connectivity index is 1.13. The van der Waals surface area contributed by atoms with E-state index in [1.165, 1.54) is 0 Å². The summed E-state index contributed by atoms with van der Waals surface area (Å²) in [6.45, 7) is 0. The first-order chi connectivity index (χ1) is 46.2. The first kappa shape index (κ1) is 19.9. The predicted octanol–water partition coefficient (Wildman–Crippen LogP) is 18.3. The second-order valence-corrected chi connectivity index (χ2v) is 15.0. The number of rotatable bonds is 10. The molecule has 0 aliphatic carbocycles. The molecule has 0 amide bonds. The Morgan fingerprint density at radius 1 is 0.294 bits per heavy atom. The van der Waals surface area contributed by atoms with Crippen LogP contribution in [-0.2, 0) is 0 Å². The molecule has 0 spiro atoms. The minimum Gasteiger partial charge on any atom is -0.311 e. The first-order valence-corrected chi connectivity index (χ1v) is 20.9. The van der Waals surface area contributed by atoms with Gasteiger partial charge in [0.25, 0.3) is 0 Å². The van der Waals surface area contributed by atoms with Crippen molar-refractivity contribution in [3.63, 3.8) is 0 Å². The summed E-state index contributed by atoms with van der Waals surface area (Å²) in [6, 6.07) is -1.36. The molecule has 0 fully saturated rings. The summed E-state index contributed by atoms with van der Waals surface area (Å²) < 4.78 is 275. The van der Waals surface area contributed by atoms with Crippen molar-refractivity contribution in [1.82, 2.24) is 4.57 Å². The Morgan fingerprint density at radius 3 is 1.31 bits per heavy atom. The van der Waals surface area contributed by atoms with Crippen LogP contribution in [0.5, 0.6) is 0 Å². The minimum atomic E-state index is -1.27. The van der Waals surface area contributed by atoms with E-state index in [1.54, 1.807) is 18.2 Å². The molecular formula is C66H46N2. The summed E-state index contributed by atoms with van der Waals surface area (Å²) in [5, 5.41) is 1.32. The lowest BCUT2D eigenvalue weighted by atomic mass is 9.98. The number of hydrogen-bond acceptors (Lipinski definition) is 1. The standard InChI is InChI=1S/C66H46N2/c1-4-15-47(16-5-1)49-27-29-50(30-28-49)51-31-38-58(39-32-51)67(59-40-33-52(34-41-59)56-22-14-21-55(45-56)48-17-6-2-7-18-48)60-42-35-53(36-43-60)57-37-44-66-63(46-57)62-24-11-13-26-65(62)68(66)64-25-12-10-23-61(64)54-19-8-3-9-20-54/h1-46H/i1D,2D,4D,5D,6D,7D,14D,15D,16D,17D,18D,21D,22D,27D,28D,29D,30D,31D,32D,33D,34D,35D,36D,38D,39D,40D,41D,42D,43D,45D. The smallest absolute Gasteiger partial charge is 0.0645 e. The Bertz CT molecular complexity index is 5360. The second kappa shape index (κ2) is 17.8. The molecule has 0 radical (unpaired) electrons. The van der Waals surface area contributed by atoms with Crippen molar-refractivity contribution in [1.29, 1.82) is 0 Å². The summed E-state index contributed by atoms with van der Waals surface area (Å²) in [5.74, 6) is 0. The van der Waals surface area contributed by atoms with Gasteiger partial charge in [0.1, 0.15) is 0 Å². The average Bonchev–Trinajstić information content (AvgIpc) is 1.65. The van der Waals surface area contributed by atoms with E-state index >= 15 is 0 Å². The van der Waals surface area contributed by atoms with Gasteiger partial charge in [-0.2, -0.15) is 0 Å². The topological polar surface area (TPSA) is 8.17 Å². The largest absolute Gasteiger partial charge is 0.311 e. The number of aromatic nitrogens is 1. The van der Waals surface area contributed by atoms with Crippen LogP contribution in [0.25, 0.3) is 94.3 Å². The highest BCUT2D eigenvalue weighted by Crippen LogP contribution is 2.41. The van der Waals surface area contributed by atoms with Crippen LogP contribution >= 0.6 is 0 Å². The fraction of sp³-hybridized carbons (Fsp3) is 0. The Morgan fingerprint density at radius 2 is 0.721 bits per heavy atom. The molecular weight excluding hydrogens is 821 g/mol. The van der Waals surface area contributed by atoms with E-state index in [-0.39, 0.29) is 11.1 Å². The molecule has 2 heteroatoms. The highest BCUT2D eigenvalue weighted by molar-refractivity contribution is 6.11. The Hall–Kier alpha value is -8.98. The zero-order valence-electron chi connectivity index (χ0n) is 65.1. The molecule has 320 valence electrons. The molecule has 11 aromatic carbocycles. The zero-order valence-corrected chi connectivity index (χ0v) is 35.1.